The lowest BCUT2D eigenvalue weighted by molar-refractivity contribution is 0.437. The first-order chi connectivity index (χ1) is 4.27. The largest absolute Gasteiger partial charge is 0.257 e. The maximum absolute atomic E-state index is 7.21. The highest BCUT2D eigenvalue weighted by molar-refractivity contribution is 5.15. The van der Waals surface area contributed by atoms with E-state index in [0.29, 0.717) is 6.54 Å². The highest BCUT2D eigenvalue weighted by atomic mass is 14.6. The van der Waals surface area contributed by atoms with Gasteiger partial charge in [0.15, 0.2) is 0 Å². The summed E-state index contributed by atoms with van der Waals surface area (Å²) in [7, 11) is 0. The number of hydrogen-bond donors (Lipinski definition) is 0. The molecule has 0 saturated carbocycles. The molecule has 1 radical (unpaired) electrons. The lowest BCUT2D eigenvalue weighted by Gasteiger charge is -2.23. The van der Waals surface area contributed by atoms with Crippen LogP contribution in [0.4, 0.5) is 0 Å². The van der Waals surface area contributed by atoms with Crippen molar-refractivity contribution in [2.24, 2.45) is 5.41 Å². The van der Waals surface area contributed by atoms with E-state index in [2.05, 4.69) is 19.1 Å². The predicted octanol–water partition coefficient (Wildman–Crippen LogP) is 1.79. The minimum atomic E-state index is 0.120. The van der Waals surface area contributed by atoms with Crippen LogP contribution in [-0.2, 0) is 0 Å². The fourth-order valence-electron chi connectivity index (χ4n) is 0.903. The fourth-order valence-corrected chi connectivity index (χ4v) is 0.903. The molecule has 1 aliphatic rings. The van der Waals surface area contributed by atoms with Crippen molar-refractivity contribution in [3.63, 3.8) is 0 Å². The van der Waals surface area contributed by atoms with Crippen LogP contribution in [0.1, 0.15) is 13.3 Å². The van der Waals surface area contributed by atoms with Gasteiger partial charge in [0.05, 0.1) is 0 Å². The van der Waals surface area contributed by atoms with Crippen molar-refractivity contribution in [1.82, 2.24) is 5.73 Å². The number of hydrogen-bond acceptors (Lipinski definition) is 0. The van der Waals surface area contributed by atoms with E-state index in [4.69, 9.17) is 5.73 Å². The van der Waals surface area contributed by atoms with Gasteiger partial charge in [0, 0.05) is 12.0 Å². The van der Waals surface area contributed by atoms with Gasteiger partial charge in [-0.2, -0.15) is 0 Å². The van der Waals surface area contributed by atoms with Crippen molar-refractivity contribution in [3.8, 4) is 0 Å². The van der Waals surface area contributed by atoms with Gasteiger partial charge < -0.3 is 0 Å². The molecule has 0 saturated heterocycles. The van der Waals surface area contributed by atoms with E-state index < -0.39 is 0 Å². The van der Waals surface area contributed by atoms with Crippen LogP contribution >= 0.6 is 0 Å². The number of allylic oxidation sites excluding steroid dienone is 3. The molecule has 0 spiro atoms. The normalized spacial score (nSPS) is 33.1. The Morgan fingerprint density at radius 1 is 1.56 bits per heavy atom. The molecule has 1 unspecified atom stereocenters. The molecule has 0 aromatic heterocycles. The molecule has 0 aliphatic heterocycles. The van der Waals surface area contributed by atoms with E-state index in [1.807, 2.05) is 12.2 Å². The molecular formula is C8H12N. The second kappa shape index (κ2) is 2.36. The summed E-state index contributed by atoms with van der Waals surface area (Å²) in [6.07, 6.45) is 9.32. The van der Waals surface area contributed by atoms with Gasteiger partial charge in [-0.1, -0.05) is 31.2 Å². The Morgan fingerprint density at radius 3 is 2.67 bits per heavy atom. The van der Waals surface area contributed by atoms with Gasteiger partial charge in [-0.25, -0.2) is 0 Å². The average molecular weight is 122 g/mol. The summed E-state index contributed by atoms with van der Waals surface area (Å²) in [5, 5.41) is 0. The van der Waals surface area contributed by atoms with E-state index >= 15 is 0 Å². The van der Waals surface area contributed by atoms with E-state index in [1.165, 1.54) is 0 Å². The lowest BCUT2D eigenvalue weighted by Crippen LogP contribution is -2.19. The van der Waals surface area contributed by atoms with Gasteiger partial charge in [0.1, 0.15) is 0 Å². The van der Waals surface area contributed by atoms with Crippen molar-refractivity contribution in [3.05, 3.63) is 24.3 Å². The van der Waals surface area contributed by atoms with Gasteiger partial charge in [0.2, 0.25) is 0 Å². The van der Waals surface area contributed by atoms with Gasteiger partial charge in [-0.15, -0.1) is 0 Å². The Hall–Kier alpha value is -0.560. The summed E-state index contributed by atoms with van der Waals surface area (Å²) in [6.45, 7) is 2.60. The molecule has 0 heterocycles. The van der Waals surface area contributed by atoms with Crippen LogP contribution in [-0.4, -0.2) is 6.54 Å². The summed E-state index contributed by atoms with van der Waals surface area (Å²) < 4.78 is 0. The van der Waals surface area contributed by atoms with Gasteiger partial charge in [-0.05, 0) is 6.42 Å². The minimum absolute atomic E-state index is 0.120. The molecule has 0 amide bonds. The molecule has 0 aromatic rings. The molecule has 1 nitrogen and oxygen atoms in total. The van der Waals surface area contributed by atoms with Gasteiger partial charge in [-0.3, -0.25) is 5.73 Å². The smallest absolute Gasteiger partial charge is 0.0191 e. The monoisotopic (exact) mass is 122 g/mol. The first kappa shape index (κ1) is 6.56. The van der Waals surface area contributed by atoms with Crippen LogP contribution < -0.4 is 5.73 Å². The van der Waals surface area contributed by atoms with Crippen molar-refractivity contribution in [2.75, 3.05) is 6.54 Å². The van der Waals surface area contributed by atoms with E-state index in [9.17, 15) is 0 Å². The summed E-state index contributed by atoms with van der Waals surface area (Å²) >= 11 is 0. The standard InChI is InChI=1S/C8H12N/c1-8(7-9)5-3-2-4-6-8/h2-5,9H,6-7H2,1H3. The summed E-state index contributed by atoms with van der Waals surface area (Å²) in [4.78, 5) is 0. The number of nitrogens with one attached hydrogen (secondary N) is 1. The maximum Gasteiger partial charge on any atom is 0.0191 e. The van der Waals surface area contributed by atoms with E-state index in [0.717, 1.165) is 6.42 Å². The molecule has 1 N–H and O–H groups in total. The minimum Gasteiger partial charge on any atom is -0.257 e. The predicted molar refractivity (Wildman–Crippen MR) is 39.0 cm³/mol. The average Bonchev–Trinajstić information content (AvgIpc) is 1.90. The third-order valence-electron chi connectivity index (χ3n) is 1.73. The van der Waals surface area contributed by atoms with Crippen molar-refractivity contribution in [2.45, 2.75) is 13.3 Å². The van der Waals surface area contributed by atoms with E-state index in [-0.39, 0.29) is 5.41 Å². The summed E-state index contributed by atoms with van der Waals surface area (Å²) in [5.41, 5.74) is 7.33. The number of rotatable bonds is 1. The van der Waals surface area contributed by atoms with Crippen LogP contribution in [0.25, 0.3) is 0 Å². The second-order valence-electron chi connectivity index (χ2n) is 2.82. The van der Waals surface area contributed by atoms with Crippen molar-refractivity contribution >= 4 is 0 Å². The Balaban J connectivity index is 2.63. The quantitative estimate of drug-likeness (QED) is 0.506. The molecule has 9 heavy (non-hydrogen) atoms. The van der Waals surface area contributed by atoms with Gasteiger partial charge >= 0.3 is 0 Å². The molecule has 1 heteroatoms. The molecule has 0 aromatic carbocycles. The fraction of sp³-hybridized carbons (Fsp3) is 0.500. The van der Waals surface area contributed by atoms with Crippen LogP contribution in [0, 0.1) is 5.41 Å². The Morgan fingerprint density at radius 2 is 2.33 bits per heavy atom. The van der Waals surface area contributed by atoms with E-state index in [1.54, 1.807) is 0 Å². The van der Waals surface area contributed by atoms with Crippen LogP contribution in [0.5, 0.6) is 0 Å². The second-order valence-corrected chi connectivity index (χ2v) is 2.82. The summed E-state index contributed by atoms with van der Waals surface area (Å²) in [6, 6.07) is 0. The van der Waals surface area contributed by atoms with Crippen LogP contribution in [0.15, 0.2) is 24.3 Å². The van der Waals surface area contributed by atoms with Crippen LogP contribution in [0.2, 0.25) is 0 Å². The zero-order chi connectivity index (χ0) is 6.74. The Bertz CT molecular complexity index is 147. The topological polar surface area (TPSA) is 23.8 Å². The molecule has 49 valence electrons. The maximum atomic E-state index is 7.21. The Labute approximate surface area is 56.2 Å². The Kier molecular flexibility index (Phi) is 1.72. The van der Waals surface area contributed by atoms with Crippen molar-refractivity contribution in [1.29, 1.82) is 0 Å². The zero-order valence-corrected chi connectivity index (χ0v) is 5.72. The third-order valence-corrected chi connectivity index (χ3v) is 1.73. The molecular weight excluding hydrogens is 110 g/mol. The van der Waals surface area contributed by atoms with Crippen molar-refractivity contribution < 1.29 is 0 Å². The first-order valence-corrected chi connectivity index (χ1v) is 3.26. The molecule has 1 atom stereocenters. The highest BCUT2D eigenvalue weighted by Crippen LogP contribution is 2.25. The third kappa shape index (κ3) is 1.42. The molecule has 0 bridgehead atoms. The van der Waals surface area contributed by atoms with Crippen LogP contribution in [0.3, 0.4) is 0 Å². The zero-order valence-electron chi connectivity index (χ0n) is 5.72. The molecule has 0 fully saturated rings. The molecule has 1 aliphatic carbocycles. The molecule has 1 rings (SSSR count). The first-order valence-electron chi connectivity index (χ1n) is 3.26. The summed E-state index contributed by atoms with van der Waals surface area (Å²) in [5.74, 6) is 0. The SMILES string of the molecule is CC1(C[NH])C=CC=CC1. The lowest BCUT2D eigenvalue weighted by atomic mass is 9.84. The van der Waals surface area contributed by atoms with Gasteiger partial charge in [0.25, 0.3) is 0 Å². The highest BCUT2D eigenvalue weighted by Gasteiger charge is 2.17.